The predicted molar refractivity (Wildman–Crippen MR) is 105 cm³/mol. The lowest BCUT2D eigenvalue weighted by atomic mass is 10.2. The van der Waals surface area contributed by atoms with E-state index < -0.39 is 17.5 Å². The maximum absolute atomic E-state index is 13.8. The van der Waals surface area contributed by atoms with Crippen LogP contribution in [-0.4, -0.2) is 46.6 Å². The topological polar surface area (TPSA) is 84.2 Å². The first-order valence-corrected chi connectivity index (χ1v) is 9.15. The van der Waals surface area contributed by atoms with E-state index in [-0.39, 0.29) is 12.1 Å². The van der Waals surface area contributed by atoms with Gasteiger partial charge in [0.05, 0.1) is 12.7 Å². The Labute approximate surface area is 170 Å². The number of carbonyl (C=O) groups excluding carboxylic acids is 1. The van der Waals surface area contributed by atoms with Crippen LogP contribution in [0.15, 0.2) is 47.0 Å². The number of ether oxygens (including phenoxy) is 1. The average Bonchev–Trinajstić information content (AvgIpc) is 3.37. The van der Waals surface area contributed by atoms with E-state index in [0.717, 1.165) is 28.8 Å². The van der Waals surface area contributed by atoms with Gasteiger partial charge in [-0.2, -0.15) is 4.98 Å². The monoisotopic (exact) mass is 412 g/mol. The second-order valence-electron chi connectivity index (χ2n) is 6.75. The number of rotatable bonds is 6. The number of halogens is 2. The highest BCUT2D eigenvalue weighted by atomic mass is 19.1. The molecule has 0 aliphatic heterocycles. The number of methoxy groups -OCH3 is 1. The predicted octanol–water partition coefficient (Wildman–Crippen LogP) is 3.82. The summed E-state index contributed by atoms with van der Waals surface area (Å²) in [7, 11) is 3.12. The molecule has 0 fully saturated rings. The largest absolute Gasteiger partial charge is 0.497 e. The van der Waals surface area contributed by atoms with Crippen LogP contribution in [0.4, 0.5) is 8.78 Å². The van der Waals surface area contributed by atoms with Crippen molar-refractivity contribution in [2.45, 2.75) is 6.42 Å². The van der Waals surface area contributed by atoms with Crippen molar-refractivity contribution in [2.24, 2.45) is 0 Å². The molecule has 1 amide bonds. The lowest BCUT2D eigenvalue weighted by Gasteiger charge is -2.16. The van der Waals surface area contributed by atoms with E-state index in [2.05, 4.69) is 15.1 Å². The second-order valence-corrected chi connectivity index (χ2v) is 6.75. The van der Waals surface area contributed by atoms with Gasteiger partial charge in [-0.3, -0.25) is 4.79 Å². The lowest BCUT2D eigenvalue weighted by molar-refractivity contribution is 0.0791. The van der Waals surface area contributed by atoms with Gasteiger partial charge in [0, 0.05) is 43.0 Å². The third kappa shape index (κ3) is 3.86. The number of hydrogen-bond acceptors (Lipinski definition) is 5. The zero-order valence-corrected chi connectivity index (χ0v) is 16.3. The molecule has 0 aliphatic rings. The van der Waals surface area contributed by atoms with Crippen LogP contribution in [0.25, 0.3) is 22.5 Å². The Morgan fingerprint density at radius 2 is 2.03 bits per heavy atom. The fourth-order valence-electron chi connectivity index (χ4n) is 3.05. The Hall–Kier alpha value is -3.75. The molecule has 0 atom stereocenters. The maximum Gasteiger partial charge on any atom is 0.274 e. The number of fused-ring (bicyclic) bond motifs is 1. The molecule has 154 valence electrons. The van der Waals surface area contributed by atoms with Gasteiger partial charge in [0.15, 0.2) is 5.82 Å². The molecule has 0 spiro atoms. The molecule has 2 aromatic carbocycles. The molecule has 4 rings (SSSR count). The molecule has 7 nitrogen and oxygen atoms in total. The van der Waals surface area contributed by atoms with Crippen molar-refractivity contribution < 1.29 is 22.8 Å². The molecular weight excluding hydrogens is 394 g/mol. The third-order valence-corrected chi connectivity index (χ3v) is 4.71. The standard InChI is InChI=1S/C21H18F2N4O3/c1-27(21(28)15-6-4-13(22)10-16(15)23)8-7-19-25-20(30-26-19)18-9-12-3-5-14(29-2)11-17(12)24-18/h3-6,9-11,24H,7-8H2,1-2H3. The summed E-state index contributed by atoms with van der Waals surface area (Å²) in [6.07, 6.45) is 0.308. The van der Waals surface area contributed by atoms with E-state index in [0.29, 0.717) is 29.9 Å². The van der Waals surface area contributed by atoms with Crippen LogP contribution in [-0.2, 0) is 6.42 Å². The summed E-state index contributed by atoms with van der Waals surface area (Å²) in [4.78, 5) is 21.2. The minimum absolute atomic E-state index is 0.193. The number of aromatic amines is 1. The molecule has 0 unspecified atom stereocenters. The fourth-order valence-corrected chi connectivity index (χ4v) is 3.05. The van der Waals surface area contributed by atoms with Crippen molar-refractivity contribution in [1.82, 2.24) is 20.0 Å². The molecule has 9 heteroatoms. The number of likely N-dealkylation sites (N-methyl/N-ethyl adjacent to an activating group) is 1. The van der Waals surface area contributed by atoms with E-state index in [1.165, 1.54) is 11.9 Å². The number of aromatic nitrogens is 3. The van der Waals surface area contributed by atoms with Gasteiger partial charge in [-0.15, -0.1) is 0 Å². The third-order valence-electron chi connectivity index (χ3n) is 4.71. The van der Waals surface area contributed by atoms with Crippen molar-refractivity contribution in [3.63, 3.8) is 0 Å². The molecule has 0 radical (unpaired) electrons. The summed E-state index contributed by atoms with van der Waals surface area (Å²) in [5.41, 5.74) is 1.34. The number of benzene rings is 2. The van der Waals surface area contributed by atoms with Crippen molar-refractivity contribution in [1.29, 1.82) is 0 Å². The quantitative estimate of drug-likeness (QED) is 0.521. The average molecular weight is 412 g/mol. The summed E-state index contributed by atoms with van der Waals surface area (Å²) in [6.45, 7) is 0.235. The summed E-state index contributed by atoms with van der Waals surface area (Å²) in [5.74, 6) is -0.738. The van der Waals surface area contributed by atoms with Gasteiger partial charge in [0.2, 0.25) is 0 Å². The van der Waals surface area contributed by atoms with Gasteiger partial charge >= 0.3 is 0 Å². The van der Waals surface area contributed by atoms with E-state index in [1.54, 1.807) is 7.11 Å². The first-order valence-electron chi connectivity index (χ1n) is 9.15. The van der Waals surface area contributed by atoms with Crippen molar-refractivity contribution >= 4 is 16.8 Å². The SMILES string of the molecule is COc1ccc2cc(-c3nc(CCN(C)C(=O)c4ccc(F)cc4F)no3)[nH]c2c1. The molecule has 0 saturated heterocycles. The number of nitrogens with one attached hydrogen (secondary N) is 1. The Balaban J connectivity index is 1.44. The van der Waals surface area contributed by atoms with Crippen LogP contribution in [0, 0.1) is 11.6 Å². The minimum atomic E-state index is -0.899. The van der Waals surface area contributed by atoms with Gasteiger partial charge in [-0.05, 0) is 30.3 Å². The molecule has 0 aliphatic carbocycles. The van der Waals surface area contributed by atoms with E-state index in [1.807, 2.05) is 24.3 Å². The van der Waals surface area contributed by atoms with Gasteiger partial charge in [-0.1, -0.05) is 5.16 Å². The van der Waals surface area contributed by atoms with E-state index in [4.69, 9.17) is 9.26 Å². The van der Waals surface area contributed by atoms with Crippen LogP contribution < -0.4 is 4.74 Å². The van der Waals surface area contributed by atoms with Crippen LogP contribution in [0.2, 0.25) is 0 Å². The molecule has 4 aromatic rings. The van der Waals surface area contributed by atoms with Gasteiger partial charge in [0.25, 0.3) is 11.8 Å². The zero-order valence-electron chi connectivity index (χ0n) is 16.3. The van der Waals surface area contributed by atoms with Gasteiger partial charge in [-0.25, -0.2) is 8.78 Å². The molecule has 0 bridgehead atoms. The number of nitrogens with zero attached hydrogens (tertiary/aromatic N) is 3. The molecule has 0 saturated carbocycles. The summed E-state index contributed by atoms with van der Waals surface area (Å²) in [6, 6.07) is 10.4. The van der Waals surface area contributed by atoms with Gasteiger partial charge in [0.1, 0.15) is 23.1 Å². The smallest absolute Gasteiger partial charge is 0.274 e. The van der Waals surface area contributed by atoms with Crippen LogP contribution in [0.5, 0.6) is 5.75 Å². The number of amides is 1. The van der Waals surface area contributed by atoms with Crippen LogP contribution in [0.3, 0.4) is 0 Å². The first-order chi connectivity index (χ1) is 14.4. The van der Waals surface area contributed by atoms with Crippen LogP contribution in [0.1, 0.15) is 16.2 Å². The number of carbonyl (C=O) groups is 1. The second kappa shape index (κ2) is 7.94. The Morgan fingerprint density at radius 1 is 1.20 bits per heavy atom. The fraction of sp³-hybridized carbons (Fsp3) is 0.190. The van der Waals surface area contributed by atoms with Crippen molar-refractivity contribution in [3.8, 4) is 17.3 Å². The van der Waals surface area contributed by atoms with Crippen molar-refractivity contribution in [3.05, 3.63) is 65.5 Å². The van der Waals surface area contributed by atoms with E-state index in [9.17, 15) is 13.6 Å². The number of hydrogen-bond donors (Lipinski definition) is 1. The lowest BCUT2D eigenvalue weighted by Crippen LogP contribution is -2.29. The maximum atomic E-state index is 13.8. The zero-order chi connectivity index (χ0) is 21.3. The normalized spacial score (nSPS) is 11.1. The van der Waals surface area contributed by atoms with Crippen LogP contribution >= 0.6 is 0 Å². The Kier molecular flexibility index (Phi) is 5.18. The Bertz CT molecular complexity index is 1220. The number of H-pyrrole nitrogens is 1. The van der Waals surface area contributed by atoms with Crippen molar-refractivity contribution in [2.75, 3.05) is 20.7 Å². The highest BCUT2D eigenvalue weighted by Crippen LogP contribution is 2.26. The highest BCUT2D eigenvalue weighted by molar-refractivity contribution is 5.94. The summed E-state index contributed by atoms with van der Waals surface area (Å²) >= 11 is 0. The molecular formula is C21H18F2N4O3. The molecule has 1 N–H and O–H groups in total. The molecule has 30 heavy (non-hydrogen) atoms. The first kappa shape index (κ1) is 19.6. The van der Waals surface area contributed by atoms with E-state index >= 15 is 0 Å². The Morgan fingerprint density at radius 3 is 2.80 bits per heavy atom. The van der Waals surface area contributed by atoms with Gasteiger partial charge < -0.3 is 19.1 Å². The summed E-state index contributed by atoms with van der Waals surface area (Å²) in [5, 5.41) is 4.91. The minimum Gasteiger partial charge on any atom is -0.497 e. The summed E-state index contributed by atoms with van der Waals surface area (Å²) < 4.78 is 37.4. The molecule has 2 heterocycles. The highest BCUT2D eigenvalue weighted by Gasteiger charge is 2.18. The molecule has 2 aromatic heterocycles.